The molecule has 3 heteroatoms. The molecule has 0 unspecified atom stereocenters. The minimum atomic E-state index is 0.199. The number of hydroxylamine groups is 1. The Labute approximate surface area is 115 Å². The van der Waals surface area contributed by atoms with E-state index in [4.69, 9.17) is 0 Å². The van der Waals surface area contributed by atoms with E-state index < -0.39 is 0 Å². The van der Waals surface area contributed by atoms with Crippen molar-refractivity contribution in [2.75, 3.05) is 0 Å². The SMILES string of the molecule is CC1=[N+]([O-])[C@H]2C[C@@H]1CC[C@]2(C)[Se]c1ccccc1. The van der Waals surface area contributed by atoms with Crippen LogP contribution in [0.15, 0.2) is 30.3 Å². The van der Waals surface area contributed by atoms with Gasteiger partial charge in [0, 0.05) is 0 Å². The summed E-state index contributed by atoms with van der Waals surface area (Å²) < 4.78 is 2.95. The topological polar surface area (TPSA) is 26.1 Å². The van der Waals surface area contributed by atoms with E-state index in [-0.39, 0.29) is 10.4 Å². The van der Waals surface area contributed by atoms with Gasteiger partial charge >= 0.3 is 115 Å². The monoisotopic (exact) mass is 309 g/mol. The van der Waals surface area contributed by atoms with Crippen molar-refractivity contribution in [2.45, 2.75) is 43.5 Å². The Morgan fingerprint density at radius 2 is 2.06 bits per heavy atom. The Hall–Kier alpha value is -0.791. The quantitative estimate of drug-likeness (QED) is 0.468. The van der Waals surface area contributed by atoms with E-state index in [2.05, 4.69) is 37.3 Å². The Bertz CT molecular complexity index is 485. The molecule has 2 aliphatic rings. The molecule has 1 aliphatic carbocycles. The fourth-order valence-corrected chi connectivity index (χ4v) is 6.18. The first-order chi connectivity index (χ1) is 8.60. The van der Waals surface area contributed by atoms with Gasteiger partial charge in [0.2, 0.25) is 0 Å². The molecule has 96 valence electrons. The molecule has 2 bridgehead atoms. The predicted molar refractivity (Wildman–Crippen MR) is 75.6 cm³/mol. The van der Waals surface area contributed by atoms with Crippen LogP contribution in [0.2, 0.25) is 4.31 Å². The van der Waals surface area contributed by atoms with Gasteiger partial charge in [0.15, 0.2) is 0 Å². The average molecular weight is 308 g/mol. The van der Waals surface area contributed by atoms with Gasteiger partial charge in [0.25, 0.3) is 0 Å². The summed E-state index contributed by atoms with van der Waals surface area (Å²) in [6.45, 7) is 4.35. The standard InChI is InChI=1S/C15H19NOSe/c1-11-12-8-9-15(2,14(10-12)16(11)17)18-13-6-4-3-5-7-13/h3-7,12,14H,8-10H2,1-2H3/t12-,14-,15-/m0/s1. The summed E-state index contributed by atoms with van der Waals surface area (Å²) in [6, 6.07) is 10.9. The molecule has 2 nitrogen and oxygen atoms in total. The molecule has 1 saturated carbocycles. The van der Waals surface area contributed by atoms with Crippen LogP contribution in [0.1, 0.15) is 33.1 Å². The Morgan fingerprint density at radius 3 is 2.78 bits per heavy atom. The Kier molecular flexibility index (Phi) is 2.99. The first-order valence-electron chi connectivity index (χ1n) is 6.64. The van der Waals surface area contributed by atoms with Crippen molar-refractivity contribution in [3.8, 4) is 0 Å². The van der Waals surface area contributed by atoms with Crippen LogP contribution in [0.4, 0.5) is 0 Å². The summed E-state index contributed by atoms with van der Waals surface area (Å²) in [6.07, 6.45) is 3.49. The average Bonchev–Trinajstić information content (AvgIpc) is 2.62. The summed E-state index contributed by atoms with van der Waals surface area (Å²) in [5.41, 5.74) is 1.08. The summed E-state index contributed by atoms with van der Waals surface area (Å²) in [5, 5.41) is 12.3. The van der Waals surface area contributed by atoms with E-state index in [1.165, 1.54) is 22.0 Å². The van der Waals surface area contributed by atoms with Gasteiger partial charge < -0.3 is 0 Å². The van der Waals surface area contributed by atoms with Gasteiger partial charge in [-0.3, -0.25) is 0 Å². The molecule has 18 heavy (non-hydrogen) atoms. The first-order valence-corrected chi connectivity index (χ1v) is 8.35. The second-order valence-electron chi connectivity index (χ2n) is 5.68. The summed E-state index contributed by atoms with van der Waals surface area (Å²) in [5.74, 6) is 0.562. The molecular formula is C15H19NOSe. The molecule has 0 N–H and O–H groups in total. The molecule has 1 fully saturated rings. The predicted octanol–water partition coefficient (Wildman–Crippen LogP) is 2.35. The van der Waals surface area contributed by atoms with Crippen molar-refractivity contribution in [1.82, 2.24) is 0 Å². The van der Waals surface area contributed by atoms with Crippen molar-refractivity contribution in [2.24, 2.45) is 5.92 Å². The Balaban J connectivity index is 1.87. The molecule has 1 aromatic rings. The molecule has 0 amide bonds. The van der Waals surface area contributed by atoms with Gasteiger partial charge in [0.05, 0.1) is 0 Å². The number of benzene rings is 1. The third-order valence-electron chi connectivity index (χ3n) is 4.52. The molecule has 3 atom stereocenters. The maximum absolute atomic E-state index is 12.3. The second-order valence-corrected chi connectivity index (χ2v) is 9.06. The van der Waals surface area contributed by atoms with E-state index in [1.54, 1.807) is 0 Å². The molecule has 0 spiro atoms. The zero-order chi connectivity index (χ0) is 12.8. The molecule has 1 aromatic carbocycles. The first kappa shape index (κ1) is 12.3. The number of hydrogen-bond donors (Lipinski definition) is 0. The van der Waals surface area contributed by atoms with Gasteiger partial charge in [0.1, 0.15) is 0 Å². The molecule has 3 rings (SSSR count). The maximum atomic E-state index is 12.3. The van der Waals surface area contributed by atoms with Crippen LogP contribution < -0.4 is 4.46 Å². The van der Waals surface area contributed by atoms with E-state index in [9.17, 15) is 5.21 Å². The van der Waals surface area contributed by atoms with Crippen LogP contribution >= 0.6 is 0 Å². The van der Waals surface area contributed by atoms with E-state index in [0.717, 1.165) is 12.1 Å². The molecule has 0 aromatic heterocycles. The van der Waals surface area contributed by atoms with E-state index in [0.29, 0.717) is 20.9 Å². The number of rotatable bonds is 2. The van der Waals surface area contributed by atoms with Gasteiger partial charge in [-0.15, -0.1) is 0 Å². The fraction of sp³-hybridized carbons (Fsp3) is 0.533. The van der Waals surface area contributed by atoms with Crippen molar-refractivity contribution >= 4 is 25.1 Å². The second kappa shape index (κ2) is 4.39. The van der Waals surface area contributed by atoms with Crippen molar-refractivity contribution in [3.63, 3.8) is 0 Å². The molecular weight excluding hydrogens is 289 g/mol. The molecule has 0 radical (unpaired) electrons. The van der Waals surface area contributed by atoms with Gasteiger partial charge in [-0.05, 0) is 0 Å². The summed E-state index contributed by atoms with van der Waals surface area (Å²) in [7, 11) is 0. The number of fused-ring (bicyclic) bond motifs is 2. The third kappa shape index (κ3) is 1.90. The summed E-state index contributed by atoms with van der Waals surface area (Å²) >= 11 is 0.386. The molecule has 1 aliphatic heterocycles. The van der Waals surface area contributed by atoms with Crippen LogP contribution in [0, 0.1) is 11.1 Å². The van der Waals surface area contributed by atoms with Crippen LogP contribution in [-0.4, -0.2) is 31.4 Å². The molecule has 0 saturated heterocycles. The van der Waals surface area contributed by atoms with Crippen LogP contribution in [-0.2, 0) is 0 Å². The Morgan fingerprint density at radius 1 is 1.33 bits per heavy atom. The van der Waals surface area contributed by atoms with Gasteiger partial charge in [-0.2, -0.15) is 0 Å². The summed E-state index contributed by atoms with van der Waals surface area (Å²) in [4.78, 5) is 0. The van der Waals surface area contributed by atoms with Crippen molar-refractivity contribution in [1.29, 1.82) is 0 Å². The zero-order valence-electron chi connectivity index (χ0n) is 10.9. The normalized spacial score (nSPS) is 35.0. The van der Waals surface area contributed by atoms with Crippen LogP contribution in [0.3, 0.4) is 0 Å². The van der Waals surface area contributed by atoms with E-state index >= 15 is 0 Å². The zero-order valence-corrected chi connectivity index (χ0v) is 12.6. The van der Waals surface area contributed by atoms with Gasteiger partial charge in [-0.1, -0.05) is 0 Å². The van der Waals surface area contributed by atoms with Crippen molar-refractivity contribution in [3.05, 3.63) is 35.5 Å². The van der Waals surface area contributed by atoms with Gasteiger partial charge in [-0.25, -0.2) is 0 Å². The van der Waals surface area contributed by atoms with Crippen molar-refractivity contribution < 1.29 is 4.74 Å². The van der Waals surface area contributed by atoms with Crippen LogP contribution in [0.25, 0.3) is 0 Å². The number of hydrogen-bond acceptors (Lipinski definition) is 1. The number of nitrogens with zero attached hydrogens (tertiary/aromatic N) is 1. The van der Waals surface area contributed by atoms with E-state index in [1.807, 2.05) is 6.92 Å². The molecule has 1 heterocycles. The third-order valence-corrected chi connectivity index (χ3v) is 7.56. The minimum absolute atomic E-state index is 0.199. The van der Waals surface area contributed by atoms with Crippen LogP contribution in [0.5, 0.6) is 0 Å². The fourth-order valence-electron chi connectivity index (χ4n) is 3.29.